The van der Waals surface area contributed by atoms with Crippen molar-refractivity contribution in [2.45, 2.75) is 12.8 Å². The Morgan fingerprint density at radius 3 is 2.52 bits per heavy atom. The molecule has 0 saturated carbocycles. The third kappa shape index (κ3) is 2.58. The van der Waals surface area contributed by atoms with Crippen LogP contribution in [0.15, 0.2) is 84.3 Å². The SMILES string of the molecule is Cc1nn(-c2ccccc2)c2c1[C@H](c1cccc3ccccc13)C(C#N)=C(N)O2. The van der Waals surface area contributed by atoms with E-state index in [1.807, 2.05) is 61.5 Å². The predicted octanol–water partition coefficient (Wildman–Crippen LogP) is 4.55. The van der Waals surface area contributed by atoms with Gasteiger partial charge in [0, 0.05) is 0 Å². The second-order valence-electron chi connectivity index (χ2n) is 7.04. The van der Waals surface area contributed by atoms with Crippen molar-refractivity contribution in [1.29, 1.82) is 5.26 Å². The Hall–Kier alpha value is -4.04. The number of nitrogens with zero attached hydrogens (tertiary/aromatic N) is 3. The van der Waals surface area contributed by atoms with E-state index in [9.17, 15) is 5.26 Å². The highest BCUT2D eigenvalue weighted by Crippen LogP contribution is 2.46. The molecule has 2 N–H and O–H groups in total. The Morgan fingerprint density at radius 1 is 1.00 bits per heavy atom. The van der Waals surface area contributed by atoms with Gasteiger partial charge in [-0.3, -0.25) is 0 Å². The summed E-state index contributed by atoms with van der Waals surface area (Å²) in [5, 5.41) is 16.8. The Kier molecular flexibility index (Phi) is 3.85. The van der Waals surface area contributed by atoms with Gasteiger partial charge in [-0.2, -0.15) is 10.4 Å². The van der Waals surface area contributed by atoms with Crippen molar-refractivity contribution in [3.8, 4) is 17.6 Å². The highest BCUT2D eigenvalue weighted by atomic mass is 16.5. The fourth-order valence-electron chi connectivity index (χ4n) is 4.07. The highest BCUT2D eigenvalue weighted by Gasteiger charge is 2.36. The van der Waals surface area contributed by atoms with Crippen LogP contribution in [0.25, 0.3) is 16.5 Å². The van der Waals surface area contributed by atoms with E-state index >= 15 is 0 Å². The first-order chi connectivity index (χ1) is 14.2. The van der Waals surface area contributed by atoms with Gasteiger partial charge in [-0.1, -0.05) is 60.7 Å². The number of nitrogens with two attached hydrogens (primary N) is 1. The second-order valence-corrected chi connectivity index (χ2v) is 7.04. The minimum Gasteiger partial charge on any atom is -0.422 e. The lowest BCUT2D eigenvalue weighted by atomic mass is 9.82. The number of allylic oxidation sites excluding steroid dienone is 1. The maximum atomic E-state index is 9.91. The van der Waals surface area contributed by atoms with E-state index in [1.54, 1.807) is 4.68 Å². The standard InChI is InChI=1S/C24H18N4O/c1-15-21-22(19-13-7-9-16-8-5-6-12-18(16)19)20(14-25)23(26)29-24(21)28(27-15)17-10-3-2-4-11-17/h2-13,22H,26H2,1H3/t22-/m1/s1. The third-order valence-corrected chi connectivity index (χ3v) is 5.37. The summed E-state index contributed by atoms with van der Waals surface area (Å²) in [4.78, 5) is 0. The summed E-state index contributed by atoms with van der Waals surface area (Å²) in [6, 6.07) is 26.3. The van der Waals surface area contributed by atoms with Crippen LogP contribution in [0.4, 0.5) is 0 Å². The number of ether oxygens (including phenoxy) is 1. The zero-order valence-corrected chi connectivity index (χ0v) is 15.8. The predicted molar refractivity (Wildman–Crippen MR) is 112 cm³/mol. The molecular weight excluding hydrogens is 360 g/mol. The largest absolute Gasteiger partial charge is 0.422 e. The fraction of sp³-hybridized carbons (Fsp3) is 0.0833. The van der Waals surface area contributed by atoms with Gasteiger partial charge in [-0.15, -0.1) is 0 Å². The summed E-state index contributed by atoms with van der Waals surface area (Å²) in [5.41, 5.74) is 10.2. The zero-order valence-electron chi connectivity index (χ0n) is 15.8. The van der Waals surface area contributed by atoms with Gasteiger partial charge in [-0.25, -0.2) is 4.68 Å². The monoisotopic (exact) mass is 378 g/mol. The van der Waals surface area contributed by atoms with E-state index in [4.69, 9.17) is 15.6 Å². The molecule has 0 unspecified atom stereocenters. The molecule has 0 bridgehead atoms. The van der Waals surface area contributed by atoms with Crippen molar-refractivity contribution in [1.82, 2.24) is 9.78 Å². The number of hydrogen-bond donors (Lipinski definition) is 1. The number of fused-ring (bicyclic) bond motifs is 2. The Balaban J connectivity index is 1.81. The molecule has 5 rings (SSSR count). The Bertz CT molecular complexity index is 1310. The van der Waals surface area contributed by atoms with Crippen LogP contribution in [0.1, 0.15) is 22.7 Å². The van der Waals surface area contributed by atoms with Crippen molar-refractivity contribution in [2.75, 3.05) is 0 Å². The van der Waals surface area contributed by atoms with Crippen LogP contribution in [0, 0.1) is 18.3 Å². The van der Waals surface area contributed by atoms with Gasteiger partial charge < -0.3 is 10.5 Å². The molecule has 1 aromatic heterocycles. The number of aryl methyl sites for hydroxylation is 1. The lowest BCUT2D eigenvalue weighted by molar-refractivity contribution is 0.367. The summed E-state index contributed by atoms with van der Waals surface area (Å²) in [7, 11) is 0. The van der Waals surface area contributed by atoms with Crippen molar-refractivity contribution in [3.63, 3.8) is 0 Å². The van der Waals surface area contributed by atoms with Crippen molar-refractivity contribution >= 4 is 10.8 Å². The van der Waals surface area contributed by atoms with Crippen LogP contribution < -0.4 is 10.5 Å². The summed E-state index contributed by atoms with van der Waals surface area (Å²) in [5.74, 6) is 0.338. The molecule has 29 heavy (non-hydrogen) atoms. The van der Waals surface area contributed by atoms with Gasteiger partial charge in [0.2, 0.25) is 11.8 Å². The van der Waals surface area contributed by atoms with Gasteiger partial charge in [0.1, 0.15) is 11.6 Å². The van der Waals surface area contributed by atoms with Crippen molar-refractivity contribution in [2.24, 2.45) is 5.73 Å². The number of rotatable bonds is 2. The van der Waals surface area contributed by atoms with Gasteiger partial charge >= 0.3 is 0 Å². The molecule has 0 radical (unpaired) electrons. The van der Waals surface area contributed by atoms with Crippen LogP contribution >= 0.6 is 0 Å². The maximum Gasteiger partial charge on any atom is 0.229 e. The molecule has 1 atom stereocenters. The first kappa shape index (κ1) is 17.1. The van der Waals surface area contributed by atoms with Crippen molar-refractivity contribution in [3.05, 3.63) is 101 Å². The first-order valence-corrected chi connectivity index (χ1v) is 9.39. The smallest absolute Gasteiger partial charge is 0.229 e. The minimum atomic E-state index is -0.340. The summed E-state index contributed by atoms with van der Waals surface area (Å²) in [6.07, 6.45) is 0. The third-order valence-electron chi connectivity index (χ3n) is 5.37. The van der Waals surface area contributed by atoms with Gasteiger partial charge in [0.15, 0.2) is 0 Å². The minimum absolute atomic E-state index is 0.120. The quantitative estimate of drug-likeness (QED) is 0.555. The van der Waals surface area contributed by atoms with E-state index < -0.39 is 0 Å². The van der Waals surface area contributed by atoms with Crippen LogP contribution in [0.5, 0.6) is 5.88 Å². The molecule has 3 aromatic carbocycles. The van der Waals surface area contributed by atoms with Crippen LogP contribution in [-0.4, -0.2) is 9.78 Å². The van der Waals surface area contributed by atoms with E-state index in [0.717, 1.165) is 33.3 Å². The zero-order chi connectivity index (χ0) is 20.0. The Morgan fingerprint density at radius 2 is 1.72 bits per heavy atom. The average Bonchev–Trinajstić information content (AvgIpc) is 3.09. The van der Waals surface area contributed by atoms with Gasteiger partial charge in [0.05, 0.1) is 22.9 Å². The van der Waals surface area contributed by atoms with Crippen molar-refractivity contribution < 1.29 is 4.74 Å². The van der Waals surface area contributed by atoms with E-state index in [2.05, 4.69) is 24.3 Å². The summed E-state index contributed by atoms with van der Waals surface area (Å²) >= 11 is 0. The lowest BCUT2D eigenvalue weighted by Crippen LogP contribution is -2.22. The summed E-state index contributed by atoms with van der Waals surface area (Å²) < 4.78 is 7.69. The number of benzene rings is 3. The molecule has 0 fully saturated rings. The number of para-hydroxylation sites is 1. The van der Waals surface area contributed by atoms with Gasteiger partial charge in [0.25, 0.3) is 0 Å². The molecule has 1 aliphatic rings. The molecule has 0 aliphatic carbocycles. The van der Waals surface area contributed by atoms with Crippen LogP contribution in [0.3, 0.4) is 0 Å². The summed E-state index contributed by atoms with van der Waals surface area (Å²) in [6.45, 7) is 1.94. The first-order valence-electron chi connectivity index (χ1n) is 9.39. The normalized spacial score (nSPS) is 15.7. The molecule has 0 amide bonds. The molecule has 2 heterocycles. The molecule has 1 aliphatic heterocycles. The lowest BCUT2D eigenvalue weighted by Gasteiger charge is -2.25. The molecule has 5 heteroatoms. The molecule has 4 aromatic rings. The molecule has 140 valence electrons. The average molecular weight is 378 g/mol. The van der Waals surface area contributed by atoms with E-state index in [1.165, 1.54) is 0 Å². The van der Waals surface area contributed by atoms with Crippen LogP contribution in [-0.2, 0) is 0 Å². The molecular formula is C24H18N4O. The number of hydrogen-bond acceptors (Lipinski definition) is 4. The maximum absolute atomic E-state index is 9.91. The highest BCUT2D eigenvalue weighted by molar-refractivity contribution is 5.87. The van der Waals surface area contributed by atoms with Gasteiger partial charge in [-0.05, 0) is 35.4 Å². The van der Waals surface area contributed by atoms with E-state index in [-0.39, 0.29) is 11.8 Å². The molecule has 0 spiro atoms. The fourth-order valence-corrected chi connectivity index (χ4v) is 4.07. The van der Waals surface area contributed by atoms with E-state index in [0.29, 0.717) is 11.5 Å². The molecule has 5 nitrogen and oxygen atoms in total. The Labute approximate surface area is 168 Å². The topological polar surface area (TPSA) is 76.9 Å². The number of nitriles is 1. The number of aromatic nitrogens is 2. The second kappa shape index (κ2) is 6.54. The van der Waals surface area contributed by atoms with Crippen LogP contribution in [0.2, 0.25) is 0 Å². The molecule has 0 saturated heterocycles.